The van der Waals surface area contributed by atoms with Gasteiger partial charge in [0, 0.05) is 26.3 Å². The predicted molar refractivity (Wildman–Crippen MR) is 82.1 cm³/mol. The highest BCUT2D eigenvalue weighted by atomic mass is 79.9. The first-order chi connectivity index (χ1) is 8.50. The molecule has 0 radical (unpaired) electrons. The Kier molecular flexibility index (Phi) is 4.02. The van der Waals surface area contributed by atoms with Crippen LogP contribution in [0.5, 0.6) is 0 Å². The van der Waals surface area contributed by atoms with E-state index in [4.69, 9.17) is 11.6 Å². The molecule has 0 saturated carbocycles. The summed E-state index contributed by atoms with van der Waals surface area (Å²) in [6.07, 6.45) is 0. The molecule has 6 heteroatoms. The maximum Gasteiger partial charge on any atom is 0.195 e. The van der Waals surface area contributed by atoms with E-state index in [1.165, 1.54) is 0 Å². The lowest BCUT2D eigenvalue weighted by atomic mass is 10.1. The van der Waals surface area contributed by atoms with Gasteiger partial charge in [-0.15, -0.1) is 0 Å². The van der Waals surface area contributed by atoms with Crippen LogP contribution < -0.4 is 15.5 Å². The normalized spacial score (nSPS) is 14.2. The second kappa shape index (κ2) is 5.36. The molecule has 1 heterocycles. The number of hydrogen-bond donors (Lipinski definition) is 2. The van der Waals surface area contributed by atoms with Crippen molar-refractivity contribution in [1.29, 1.82) is 0 Å². The van der Waals surface area contributed by atoms with Crippen molar-refractivity contribution < 1.29 is 0 Å². The van der Waals surface area contributed by atoms with Gasteiger partial charge in [-0.1, -0.05) is 11.6 Å². The number of guanidine groups is 1. The summed E-state index contributed by atoms with van der Waals surface area (Å²) in [5.74, 6) is 0.797. The van der Waals surface area contributed by atoms with Gasteiger partial charge in [-0.3, -0.25) is 4.99 Å². The van der Waals surface area contributed by atoms with E-state index in [0.29, 0.717) is 5.02 Å². The molecule has 0 saturated heterocycles. The van der Waals surface area contributed by atoms with E-state index in [2.05, 4.69) is 38.5 Å². The quantitative estimate of drug-likeness (QED) is 0.875. The van der Waals surface area contributed by atoms with E-state index in [1.807, 2.05) is 25.1 Å². The fourth-order valence-electron chi connectivity index (χ4n) is 1.92. The topological polar surface area (TPSA) is 39.7 Å². The second-order valence-corrected chi connectivity index (χ2v) is 5.57. The van der Waals surface area contributed by atoms with E-state index >= 15 is 0 Å². The van der Waals surface area contributed by atoms with Gasteiger partial charge in [-0.2, -0.15) is 0 Å². The fraction of sp³-hybridized carbons (Fsp3) is 0.417. The number of nitrogens with zero attached hydrogens (tertiary/aromatic N) is 2. The van der Waals surface area contributed by atoms with Gasteiger partial charge in [0.05, 0.1) is 21.7 Å². The third-order valence-corrected chi connectivity index (χ3v) is 4.20. The van der Waals surface area contributed by atoms with Gasteiger partial charge in [0.2, 0.25) is 0 Å². The third kappa shape index (κ3) is 2.57. The van der Waals surface area contributed by atoms with E-state index in [1.54, 1.807) is 0 Å². The summed E-state index contributed by atoms with van der Waals surface area (Å²) in [4.78, 5) is 6.38. The lowest BCUT2D eigenvalue weighted by Gasteiger charge is -2.21. The summed E-state index contributed by atoms with van der Waals surface area (Å²) in [6, 6.07) is 1.95. The average Bonchev–Trinajstić information content (AvgIpc) is 2.81. The monoisotopic (exact) mass is 330 g/mol. The number of rotatable bonds is 2. The number of anilines is 2. The first-order valence-corrected chi connectivity index (χ1v) is 6.89. The maximum atomic E-state index is 6.25. The van der Waals surface area contributed by atoms with E-state index in [-0.39, 0.29) is 0 Å². The van der Waals surface area contributed by atoms with Crippen LogP contribution in [0, 0.1) is 6.92 Å². The molecule has 1 aromatic carbocycles. The van der Waals surface area contributed by atoms with Crippen LogP contribution in [-0.4, -0.2) is 33.1 Å². The van der Waals surface area contributed by atoms with E-state index < -0.39 is 0 Å². The van der Waals surface area contributed by atoms with Gasteiger partial charge >= 0.3 is 0 Å². The third-order valence-electron chi connectivity index (χ3n) is 2.85. The van der Waals surface area contributed by atoms with Crippen molar-refractivity contribution in [3.63, 3.8) is 0 Å². The zero-order valence-electron chi connectivity index (χ0n) is 10.6. The number of aliphatic imine (C=N–C) groups is 1. The Morgan fingerprint density at radius 2 is 2.22 bits per heavy atom. The highest BCUT2D eigenvalue weighted by Gasteiger charge is 2.16. The van der Waals surface area contributed by atoms with Crippen LogP contribution in [0.4, 0.5) is 11.4 Å². The smallest absolute Gasteiger partial charge is 0.195 e. The van der Waals surface area contributed by atoms with Gasteiger partial charge < -0.3 is 15.5 Å². The molecule has 1 aromatic rings. The Morgan fingerprint density at radius 3 is 2.78 bits per heavy atom. The minimum atomic E-state index is 0.686. The summed E-state index contributed by atoms with van der Waals surface area (Å²) in [7, 11) is 4.00. The molecule has 0 unspecified atom stereocenters. The molecule has 4 nitrogen and oxygen atoms in total. The largest absolute Gasteiger partial charge is 0.377 e. The summed E-state index contributed by atoms with van der Waals surface area (Å²) < 4.78 is 0.865. The molecule has 0 amide bonds. The zero-order chi connectivity index (χ0) is 13.3. The first-order valence-electron chi connectivity index (χ1n) is 5.72. The number of hydrogen-bond acceptors (Lipinski definition) is 4. The minimum absolute atomic E-state index is 0.686. The van der Waals surface area contributed by atoms with Crippen molar-refractivity contribution >= 4 is 44.9 Å². The molecule has 0 bridgehead atoms. The van der Waals surface area contributed by atoms with Crippen molar-refractivity contribution in [2.24, 2.45) is 4.99 Å². The summed E-state index contributed by atoms with van der Waals surface area (Å²) in [6.45, 7) is 3.74. The van der Waals surface area contributed by atoms with Crippen molar-refractivity contribution in [1.82, 2.24) is 5.32 Å². The number of halogens is 2. The standard InChI is InChI=1S/C12H16BrClN4/c1-7-9(18(2)3)6-8(14)10(13)11(7)17-12-15-4-5-16-12/h6H,4-5H2,1-3H3,(H2,15,16,17). The van der Waals surface area contributed by atoms with Gasteiger partial charge in [0.1, 0.15) is 0 Å². The molecule has 0 fully saturated rings. The molecule has 18 heavy (non-hydrogen) atoms. The molecule has 2 N–H and O–H groups in total. The lowest BCUT2D eigenvalue weighted by Crippen LogP contribution is -2.27. The number of nitrogens with one attached hydrogen (secondary N) is 2. The minimum Gasteiger partial charge on any atom is -0.377 e. The predicted octanol–water partition coefficient (Wildman–Crippen LogP) is 2.85. The molecule has 0 aromatic heterocycles. The van der Waals surface area contributed by atoms with Gasteiger partial charge in [0.15, 0.2) is 5.96 Å². The van der Waals surface area contributed by atoms with Crippen LogP contribution >= 0.6 is 27.5 Å². The van der Waals surface area contributed by atoms with Crippen molar-refractivity contribution in [2.45, 2.75) is 6.92 Å². The van der Waals surface area contributed by atoms with Crippen LogP contribution in [0.15, 0.2) is 15.5 Å². The molecular formula is C12H16BrClN4. The van der Waals surface area contributed by atoms with Gasteiger partial charge in [-0.25, -0.2) is 0 Å². The second-order valence-electron chi connectivity index (χ2n) is 4.37. The molecule has 98 valence electrons. The Labute approximate surface area is 121 Å². The van der Waals surface area contributed by atoms with Gasteiger partial charge in [0.25, 0.3) is 0 Å². The lowest BCUT2D eigenvalue weighted by molar-refractivity contribution is 0.959. The SMILES string of the molecule is Cc1c(N(C)C)cc(Cl)c(Br)c1NC1=NCCN1. The molecular weight excluding hydrogens is 316 g/mol. The molecule has 0 aliphatic carbocycles. The van der Waals surface area contributed by atoms with Gasteiger partial charge in [-0.05, 0) is 34.5 Å². The Balaban J connectivity index is 2.43. The number of benzene rings is 1. The van der Waals surface area contributed by atoms with Crippen molar-refractivity contribution in [3.8, 4) is 0 Å². The molecule has 0 spiro atoms. The maximum absolute atomic E-state index is 6.25. The zero-order valence-corrected chi connectivity index (χ0v) is 13.0. The highest BCUT2D eigenvalue weighted by molar-refractivity contribution is 9.10. The molecule has 1 aliphatic rings. The van der Waals surface area contributed by atoms with E-state index in [0.717, 1.165) is 40.5 Å². The highest BCUT2D eigenvalue weighted by Crippen LogP contribution is 2.38. The van der Waals surface area contributed by atoms with Crippen LogP contribution in [0.1, 0.15) is 5.56 Å². The van der Waals surface area contributed by atoms with Crippen LogP contribution in [-0.2, 0) is 0 Å². The van der Waals surface area contributed by atoms with Crippen LogP contribution in [0.3, 0.4) is 0 Å². The molecule has 2 rings (SSSR count). The van der Waals surface area contributed by atoms with E-state index in [9.17, 15) is 0 Å². The Bertz CT molecular complexity index is 499. The van der Waals surface area contributed by atoms with Crippen molar-refractivity contribution in [2.75, 3.05) is 37.4 Å². The van der Waals surface area contributed by atoms with Crippen LogP contribution in [0.25, 0.3) is 0 Å². The average molecular weight is 332 g/mol. The fourth-order valence-corrected chi connectivity index (χ4v) is 2.63. The summed E-state index contributed by atoms with van der Waals surface area (Å²) in [5.41, 5.74) is 3.18. The summed E-state index contributed by atoms with van der Waals surface area (Å²) in [5, 5.41) is 7.17. The summed E-state index contributed by atoms with van der Waals surface area (Å²) >= 11 is 9.77. The van der Waals surface area contributed by atoms with Crippen LogP contribution in [0.2, 0.25) is 5.02 Å². The Hall–Kier alpha value is -0.940. The molecule has 0 atom stereocenters. The molecule has 1 aliphatic heterocycles. The van der Waals surface area contributed by atoms with Crippen molar-refractivity contribution in [3.05, 3.63) is 21.1 Å². The first kappa shape index (κ1) is 13.5. The Morgan fingerprint density at radius 1 is 1.50 bits per heavy atom.